The van der Waals surface area contributed by atoms with Gasteiger partial charge in [0.25, 0.3) is 0 Å². The Labute approximate surface area is 119 Å². The molecule has 0 unspecified atom stereocenters. The number of H-pyrrole nitrogens is 1. The highest BCUT2D eigenvalue weighted by Gasteiger charge is 2.07. The molecule has 98 valence electrons. The minimum atomic E-state index is 0.864. The van der Waals surface area contributed by atoms with Crippen LogP contribution in [0.3, 0.4) is 0 Å². The summed E-state index contributed by atoms with van der Waals surface area (Å²) in [6, 6.07) is 10.4. The molecule has 0 saturated carbocycles. The Morgan fingerprint density at radius 2 is 2.10 bits per heavy atom. The van der Waals surface area contributed by atoms with Crippen LogP contribution in [-0.2, 0) is 0 Å². The molecule has 0 aliphatic rings. The van der Waals surface area contributed by atoms with Crippen molar-refractivity contribution in [2.45, 2.75) is 6.92 Å². The van der Waals surface area contributed by atoms with Gasteiger partial charge in [0, 0.05) is 27.7 Å². The zero-order valence-corrected chi connectivity index (χ0v) is 11.7. The van der Waals surface area contributed by atoms with Gasteiger partial charge in [-0.3, -0.25) is 0 Å². The van der Waals surface area contributed by atoms with Crippen molar-refractivity contribution >= 4 is 44.0 Å². The Bertz CT molecular complexity index is 906. The molecule has 4 nitrogen and oxygen atoms in total. The number of anilines is 2. The maximum Gasteiger partial charge on any atom is 0.151 e. The Morgan fingerprint density at radius 1 is 1.15 bits per heavy atom. The average molecular weight is 280 g/mol. The fraction of sp³-hybridized carbons (Fsp3) is 0.0667. The highest BCUT2D eigenvalue weighted by Crippen LogP contribution is 2.30. The fourth-order valence-electron chi connectivity index (χ4n) is 2.33. The molecule has 0 radical (unpaired) electrons. The summed E-state index contributed by atoms with van der Waals surface area (Å²) in [6.45, 7) is 2.09. The van der Waals surface area contributed by atoms with Crippen LogP contribution in [0.4, 0.5) is 11.5 Å². The first-order valence-electron chi connectivity index (χ1n) is 6.35. The van der Waals surface area contributed by atoms with Crippen LogP contribution in [0.25, 0.3) is 21.1 Å². The second-order valence-electron chi connectivity index (χ2n) is 4.70. The minimum absolute atomic E-state index is 0.864. The quantitative estimate of drug-likeness (QED) is 0.578. The smallest absolute Gasteiger partial charge is 0.151 e. The van der Waals surface area contributed by atoms with Crippen molar-refractivity contribution in [1.29, 1.82) is 0 Å². The standard InChI is InChI=1S/C15H12N4S/c1-9-6-13-14(20-9)15(18-8-17-13)19-11-2-3-12-10(7-11)4-5-16-12/h2-8,16H,1H3,(H,17,18,19). The minimum Gasteiger partial charge on any atom is -0.361 e. The van der Waals surface area contributed by atoms with Gasteiger partial charge in [-0.1, -0.05) is 0 Å². The van der Waals surface area contributed by atoms with Gasteiger partial charge in [-0.15, -0.1) is 11.3 Å². The Morgan fingerprint density at radius 3 is 3.05 bits per heavy atom. The topological polar surface area (TPSA) is 53.6 Å². The molecule has 0 saturated heterocycles. The largest absolute Gasteiger partial charge is 0.361 e. The molecule has 3 aromatic heterocycles. The van der Waals surface area contributed by atoms with Crippen LogP contribution >= 0.6 is 11.3 Å². The maximum atomic E-state index is 4.36. The Balaban J connectivity index is 1.79. The van der Waals surface area contributed by atoms with E-state index in [-0.39, 0.29) is 0 Å². The first kappa shape index (κ1) is 11.4. The summed E-state index contributed by atoms with van der Waals surface area (Å²) in [7, 11) is 0. The molecule has 0 spiro atoms. The van der Waals surface area contributed by atoms with Crippen LogP contribution in [0.2, 0.25) is 0 Å². The molecule has 0 atom stereocenters. The van der Waals surface area contributed by atoms with Gasteiger partial charge in [-0.05, 0) is 37.3 Å². The van der Waals surface area contributed by atoms with Crippen molar-refractivity contribution in [3.63, 3.8) is 0 Å². The van der Waals surface area contributed by atoms with Crippen molar-refractivity contribution in [3.05, 3.63) is 47.7 Å². The summed E-state index contributed by atoms with van der Waals surface area (Å²) in [5.41, 5.74) is 3.16. The summed E-state index contributed by atoms with van der Waals surface area (Å²) in [4.78, 5) is 13.1. The molecule has 5 heteroatoms. The maximum absolute atomic E-state index is 4.36. The van der Waals surface area contributed by atoms with Crippen molar-refractivity contribution in [3.8, 4) is 0 Å². The van der Waals surface area contributed by atoms with Crippen LogP contribution in [0, 0.1) is 6.92 Å². The van der Waals surface area contributed by atoms with Crippen LogP contribution in [0.15, 0.2) is 42.9 Å². The number of rotatable bonds is 2. The number of nitrogens with zero attached hydrogens (tertiary/aromatic N) is 2. The number of hydrogen-bond acceptors (Lipinski definition) is 4. The lowest BCUT2D eigenvalue weighted by molar-refractivity contribution is 1.23. The Hall–Kier alpha value is -2.40. The van der Waals surface area contributed by atoms with Gasteiger partial charge in [0.15, 0.2) is 5.82 Å². The number of aromatic nitrogens is 3. The molecule has 0 aliphatic carbocycles. The van der Waals surface area contributed by atoms with Gasteiger partial charge in [0.1, 0.15) is 6.33 Å². The van der Waals surface area contributed by atoms with E-state index < -0.39 is 0 Å². The monoisotopic (exact) mass is 280 g/mol. The van der Waals surface area contributed by atoms with Gasteiger partial charge in [-0.25, -0.2) is 9.97 Å². The Kier molecular flexibility index (Phi) is 2.47. The van der Waals surface area contributed by atoms with E-state index in [0.29, 0.717) is 0 Å². The predicted molar refractivity (Wildman–Crippen MR) is 83.7 cm³/mol. The summed E-state index contributed by atoms with van der Waals surface area (Å²) >= 11 is 1.71. The highest BCUT2D eigenvalue weighted by atomic mass is 32.1. The number of aromatic amines is 1. The normalized spacial score (nSPS) is 11.2. The fourth-order valence-corrected chi connectivity index (χ4v) is 3.24. The summed E-state index contributed by atoms with van der Waals surface area (Å²) in [5.74, 6) is 0.864. The third-order valence-electron chi connectivity index (χ3n) is 3.25. The van der Waals surface area contributed by atoms with E-state index in [1.807, 2.05) is 12.3 Å². The molecule has 0 bridgehead atoms. The van der Waals surface area contributed by atoms with Crippen molar-refractivity contribution < 1.29 is 0 Å². The number of thiophene rings is 1. The van der Waals surface area contributed by atoms with Crippen LogP contribution < -0.4 is 5.32 Å². The molecule has 4 rings (SSSR count). The van der Waals surface area contributed by atoms with E-state index in [4.69, 9.17) is 0 Å². The van der Waals surface area contributed by atoms with E-state index in [9.17, 15) is 0 Å². The number of nitrogens with one attached hydrogen (secondary N) is 2. The molecular formula is C15H12N4S. The number of aryl methyl sites for hydroxylation is 1. The SMILES string of the molecule is Cc1cc2ncnc(Nc3ccc4[nH]ccc4c3)c2s1. The molecule has 0 fully saturated rings. The molecule has 1 aromatic carbocycles. The van der Waals surface area contributed by atoms with Gasteiger partial charge in [-0.2, -0.15) is 0 Å². The lowest BCUT2D eigenvalue weighted by Crippen LogP contribution is -1.94. The average Bonchev–Trinajstić information content (AvgIpc) is 3.04. The van der Waals surface area contributed by atoms with E-state index in [1.165, 1.54) is 10.3 Å². The van der Waals surface area contributed by atoms with E-state index in [1.54, 1.807) is 17.7 Å². The molecule has 4 aromatic rings. The third-order valence-corrected chi connectivity index (χ3v) is 4.30. The lowest BCUT2D eigenvalue weighted by Gasteiger charge is -2.06. The number of fused-ring (bicyclic) bond motifs is 2. The van der Waals surface area contributed by atoms with Crippen molar-refractivity contribution in [2.24, 2.45) is 0 Å². The summed E-state index contributed by atoms with van der Waals surface area (Å²) < 4.78 is 1.10. The third kappa shape index (κ3) is 1.83. The predicted octanol–water partition coefficient (Wildman–Crippen LogP) is 4.22. The van der Waals surface area contributed by atoms with E-state index in [2.05, 4.69) is 51.5 Å². The van der Waals surface area contributed by atoms with Gasteiger partial charge in [0.2, 0.25) is 0 Å². The molecule has 2 N–H and O–H groups in total. The van der Waals surface area contributed by atoms with Crippen LogP contribution in [0.1, 0.15) is 4.88 Å². The van der Waals surface area contributed by atoms with E-state index >= 15 is 0 Å². The van der Waals surface area contributed by atoms with Gasteiger partial charge >= 0.3 is 0 Å². The van der Waals surface area contributed by atoms with Crippen LogP contribution in [-0.4, -0.2) is 15.0 Å². The zero-order valence-electron chi connectivity index (χ0n) is 10.8. The van der Waals surface area contributed by atoms with Gasteiger partial charge in [0.05, 0.1) is 10.2 Å². The van der Waals surface area contributed by atoms with E-state index in [0.717, 1.165) is 27.2 Å². The number of hydrogen-bond donors (Lipinski definition) is 2. The van der Waals surface area contributed by atoms with Crippen molar-refractivity contribution in [2.75, 3.05) is 5.32 Å². The molecule has 20 heavy (non-hydrogen) atoms. The first-order valence-corrected chi connectivity index (χ1v) is 7.16. The molecule has 0 amide bonds. The second kappa shape index (κ2) is 4.31. The molecule has 0 aliphatic heterocycles. The molecular weight excluding hydrogens is 268 g/mol. The number of benzene rings is 1. The highest BCUT2D eigenvalue weighted by molar-refractivity contribution is 7.19. The van der Waals surface area contributed by atoms with Gasteiger partial charge < -0.3 is 10.3 Å². The van der Waals surface area contributed by atoms with Crippen LogP contribution in [0.5, 0.6) is 0 Å². The van der Waals surface area contributed by atoms with Crippen molar-refractivity contribution in [1.82, 2.24) is 15.0 Å². The second-order valence-corrected chi connectivity index (χ2v) is 5.95. The summed E-state index contributed by atoms with van der Waals surface area (Å²) in [6.07, 6.45) is 3.55. The summed E-state index contributed by atoms with van der Waals surface area (Å²) in [5, 5.41) is 4.57. The zero-order chi connectivity index (χ0) is 13.5. The molecule has 3 heterocycles. The first-order chi connectivity index (χ1) is 9.79. The lowest BCUT2D eigenvalue weighted by atomic mass is 10.2.